The molecule has 0 spiro atoms. The quantitative estimate of drug-likeness (QED) is 0.854. The second-order valence-corrected chi connectivity index (χ2v) is 5.21. The number of fused-ring (bicyclic) bond motifs is 1. The minimum Gasteiger partial charge on any atom is -0.481 e. The Labute approximate surface area is 117 Å². The van der Waals surface area contributed by atoms with E-state index in [4.69, 9.17) is 5.11 Å². The van der Waals surface area contributed by atoms with Crippen LogP contribution in [0.25, 0.3) is 0 Å². The van der Waals surface area contributed by atoms with Crippen molar-refractivity contribution in [1.29, 1.82) is 0 Å². The van der Waals surface area contributed by atoms with Crippen molar-refractivity contribution in [2.75, 3.05) is 11.4 Å². The van der Waals surface area contributed by atoms with Crippen LogP contribution >= 0.6 is 0 Å². The average molecular weight is 275 g/mol. The van der Waals surface area contributed by atoms with Crippen molar-refractivity contribution >= 4 is 23.3 Å². The fourth-order valence-electron chi connectivity index (χ4n) is 2.61. The van der Waals surface area contributed by atoms with Gasteiger partial charge in [-0.15, -0.1) is 0 Å². The number of nitrogens with zero attached hydrogens (tertiary/aromatic N) is 1. The summed E-state index contributed by atoms with van der Waals surface area (Å²) in [6.07, 6.45) is 0.247. The van der Waals surface area contributed by atoms with Crippen LogP contribution in [-0.4, -0.2) is 29.3 Å². The topological polar surface area (TPSA) is 74.7 Å². The summed E-state index contributed by atoms with van der Waals surface area (Å²) < 4.78 is 0. The maximum Gasteiger partial charge on any atom is 0.304 e. The molecule has 1 aromatic rings. The summed E-state index contributed by atoms with van der Waals surface area (Å²) in [5, 5.41) is 9.01. The van der Waals surface area contributed by atoms with Crippen LogP contribution in [0.15, 0.2) is 24.3 Å². The van der Waals surface area contributed by atoms with Crippen molar-refractivity contribution in [3.63, 3.8) is 0 Å². The Morgan fingerprint density at radius 1 is 1.30 bits per heavy atom. The number of carbonyl (C=O) groups is 3. The van der Waals surface area contributed by atoms with Crippen LogP contribution < -0.4 is 4.90 Å². The van der Waals surface area contributed by atoms with Gasteiger partial charge in [-0.1, -0.05) is 19.1 Å². The van der Waals surface area contributed by atoms with E-state index in [0.717, 1.165) is 6.42 Å². The third kappa shape index (κ3) is 2.09. The van der Waals surface area contributed by atoms with E-state index in [2.05, 4.69) is 0 Å². The Morgan fingerprint density at radius 3 is 2.55 bits per heavy atom. The van der Waals surface area contributed by atoms with Crippen LogP contribution in [-0.2, 0) is 9.59 Å². The van der Waals surface area contributed by atoms with Crippen LogP contribution in [0.4, 0.5) is 5.69 Å². The number of ketones is 1. The number of hydrogen-bond acceptors (Lipinski definition) is 3. The first kappa shape index (κ1) is 14.2. The van der Waals surface area contributed by atoms with Crippen LogP contribution in [0.2, 0.25) is 0 Å². The van der Waals surface area contributed by atoms with Gasteiger partial charge in [-0.3, -0.25) is 14.4 Å². The van der Waals surface area contributed by atoms with Gasteiger partial charge in [-0.25, -0.2) is 0 Å². The van der Waals surface area contributed by atoms with Crippen molar-refractivity contribution in [2.45, 2.75) is 26.7 Å². The lowest BCUT2D eigenvalue weighted by Crippen LogP contribution is -2.52. The number of para-hydroxylation sites is 1. The second-order valence-electron chi connectivity index (χ2n) is 5.21. The number of carboxylic acids is 1. The first-order chi connectivity index (χ1) is 9.41. The molecule has 1 N–H and O–H groups in total. The highest BCUT2D eigenvalue weighted by molar-refractivity contribution is 6.25. The number of aliphatic carboxylic acids is 1. The van der Waals surface area contributed by atoms with E-state index in [1.54, 1.807) is 24.3 Å². The normalized spacial score (nSPS) is 21.8. The molecule has 0 aliphatic carbocycles. The van der Waals surface area contributed by atoms with Gasteiger partial charge in [0.1, 0.15) is 5.41 Å². The summed E-state index contributed by atoms with van der Waals surface area (Å²) in [6.45, 7) is 3.82. The molecule has 1 amide bonds. The van der Waals surface area contributed by atoms with E-state index in [9.17, 15) is 14.4 Å². The van der Waals surface area contributed by atoms with Crippen molar-refractivity contribution in [3.05, 3.63) is 29.8 Å². The first-order valence-electron chi connectivity index (χ1n) is 6.59. The highest BCUT2D eigenvalue weighted by atomic mass is 16.4. The molecule has 0 bridgehead atoms. The Morgan fingerprint density at radius 2 is 1.95 bits per heavy atom. The van der Waals surface area contributed by atoms with Crippen LogP contribution in [0.1, 0.15) is 37.0 Å². The van der Waals surface area contributed by atoms with Gasteiger partial charge in [0.15, 0.2) is 5.78 Å². The van der Waals surface area contributed by atoms with Gasteiger partial charge in [-0.05, 0) is 25.5 Å². The number of hydrogen-bond donors (Lipinski definition) is 1. The summed E-state index contributed by atoms with van der Waals surface area (Å²) in [7, 11) is 0. The smallest absolute Gasteiger partial charge is 0.304 e. The van der Waals surface area contributed by atoms with Crippen molar-refractivity contribution in [2.24, 2.45) is 5.41 Å². The Kier molecular flexibility index (Phi) is 3.61. The number of benzene rings is 1. The van der Waals surface area contributed by atoms with Crippen molar-refractivity contribution in [1.82, 2.24) is 0 Å². The van der Waals surface area contributed by atoms with E-state index >= 15 is 0 Å². The highest BCUT2D eigenvalue weighted by Crippen LogP contribution is 2.39. The number of amides is 1. The second kappa shape index (κ2) is 5.07. The molecule has 0 fully saturated rings. The van der Waals surface area contributed by atoms with Crippen LogP contribution in [0, 0.1) is 5.41 Å². The van der Waals surface area contributed by atoms with Crippen molar-refractivity contribution in [3.8, 4) is 0 Å². The zero-order valence-corrected chi connectivity index (χ0v) is 11.5. The molecule has 2 rings (SSSR count). The molecule has 0 saturated carbocycles. The van der Waals surface area contributed by atoms with Gasteiger partial charge in [0, 0.05) is 12.1 Å². The van der Waals surface area contributed by atoms with Crippen LogP contribution in [0.5, 0.6) is 0 Å². The zero-order chi connectivity index (χ0) is 14.9. The lowest BCUT2D eigenvalue weighted by atomic mass is 9.74. The monoisotopic (exact) mass is 275 g/mol. The lowest BCUT2D eigenvalue weighted by molar-refractivity contribution is -0.142. The average Bonchev–Trinajstić information content (AvgIpc) is 2.41. The van der Waals surface area contributed by atoms with Gasteiger partial charge in [0.2, 0.25) is 5.91 Å². The van der Waals surface area contributed by atoms with Gasteiger partial charge in [0.25, 0.3) is 0 Å². The molecule has 1 aromatic carbocycles. The maximum absolute atomic E-state index is 12.6. The molecule has 5 nitrogen and oxygen atoms in total. The summed E-state index contributed by atoms with van der Waals surface area (Å²) in [5.41, 5.74) is -0.522. The highest BCUT2D eigenvalue weighted by Gasteiger charge is 2.50. The molecule has 1 heterocycles. The number of carboxylic acid groups (broad SMARTS) is 1. The van der Waals surface area contributed by atoms with E-state index in [1.807, 2.05) is 6.92 Å². The number of rotatable bonds is 4. The third-order valence-corrected chi connectivity index (χ3v) is 3.61. The molecule has 1 atom stereocenters. The first-order valence-corrected chi connectivity index (χ1v) is 6.59. The lowest BCUT2D eigenvalue weighted by Gasteiger charge is -2.38. The molecule has 1 aliphatic rings. The minimum absolute atomic E-state index is 0.409. The van der Waals surface area contributed by atoms with Gasteiger partial charge >= 0.3 is 5.97 Å². The van der Waals surface area contributed by atoms with E-state index < -0.39 is 29.5 Å². The van der Waals surface area contributed by atoms with Crippen LogP contribution in [0.3, 0.4) is 0 Å². The van der Waals surface area contributed by atoms with E-state index in [0.29, 0.717) is 17.8 Å². The fourth-order valence-corrected chi connectivity index (χ4v) is 2.61. The number of anilines is 1. The molecule has 1 aliphatic heterocycles. The van der Waals surface area contributed by atoms with Gasteiger partial charge in [-0.2, -0.15) is 0 Å². The standard InChI is InChI=1S/C15H17NO4/c1-3-8-16-11-7-5-4-6-10(11)13(19)15(2,14(16)20)9-12(17)18/h4-7H,3,8-9H2,1-2H3,(H,17,18). The molecular weight excluding hydrogens is 258 g/mol. The molecule has 20 heavy (non-hydrogen) atoms. The summed E-state index contributed by atoms with van der Waals surface area (Å²) in [4.78, 5) is 37.7. The summed E-state index contributed by atoms with van der Waals surface area (Å²) in [6, 6.07) is 6.85. The van der Waals surface area contributed by atoms with E-state index in [-0.39, 0.29) is 0 Å². The number of carbonyl (C=O) groups excluding carboxylic acids is 2. The SMILES string of the molecule is CCCN1C(=O)C(C)(CC(=O)O)C(=O)c2ccccc21. The molecule has 0 radical (unpaired) electrons. The predicted octanol–water partition coefficient (Wildman–Crippen LogP) is 2.11. The largest absolute Gasteiger partial charge is 0.481 e. The molecule has 106 valence electrons. The molecule has 0 aromatic heterocycles. The Hall–Kier alpha value is -2.17. The fraction of sp³-hybridized carbons (Fsp3) is 0.400. The third-order valence-electron chi connectivity index (χ3n) is 3.61. The molecule has 1 unspecified atom stereocenters. The molecular formula is C15H17NO4. The molecule has 5 heteroatoms. The number of Topliss-reactive ketones (excluding diaryl/α,β-unsaturated/α-hetero) is 1. The summed E-state index contributed by atoms with van der Waals surface area (Å²) in [5.74, 6) is -1.98. The predicted molar refractivity (Wildman–Crippen MR) is 73.8 cm³/mol. The zero-order valence-electron chi connectivity index (χ0n) is 11.5. The van der Waals surface area contributed by atoms with Crippen molar-refractivity contribution < 1.29 is 19.5 Å². The minimum atomic E-state index is -1.52. The maximum atomic E-state index is 12.6. The summed E-state index contributed by atoms with van der Waals surface area (Å²) >= 11 is 0. The molecule has 0 saturated heterocycles. The van der Waals surface area contributed by atoms with E-state index in [1.165, 1.54) is 11.8 Å². The van der Waals surface area contributed by atoms with Gasteiger partial charge in [0.05, 0.1) is 12.1 Å². The Bertz CT molecular complexity index is 581. The Balaban J connectivity index is 2.58. The van der Waals surface area contributed by atoms with Gasteiger partial charge < -0.3 is 10.0 Å².